The summed E-state index contributed by atoms with van der Waals surface area (Å²) in [5.74, 6) is -0.440. The molecule has 0 atom stereocenters. The van der Waals surface area contributed by atoms with Gasteiger partial charge in [0.25, 0.3) is 5.56 Å². The van der Waals surface area contributed by atoms with Crippen LogP contribution < -0.4 is 15.6 Å². The van der Waals surface area contributed by atoms with Crippen molar-refractivity contribution in [3.8, 4) is 11.6 Å². The number of aromatic amines is 1. The Hall–Kier alpha value is -2.25. The molecule has 0 aliphatic heterocycles. The average Bonchev–Trinajstić information content (AvgIpc) is 2.48. The minimum Gasteiger partial charge on any atom is -0.859 e. The second kappa shape index (κ2) is 7.76. The highest BCUT2D eigenvalue weighted by Gasteiger charge is 2.11. The van der Waals surface area contributed by atoms with Gasteiger partial charge >= 0.3 is 0 Å². The molecule has 0 fully saturated rings. The molecule has 1 heterocycles. The Balaban J connectivity index is 2.60. The van der Waals surface area contributed by atoms with Gasteiger partial charge in [0.2, 0.25) is 0 Å². The number of aliphatic imine (C=N–C) groups is 1. The summed E-state index contributed by atoms with van der Waals surface area (Å²) >= 11 is 5.25. The highest BCUT2D eigenvalue weighted by molar-refractivity contribution is 7.71. The van der Waals surface area contributed by atoms with Gasteiger partial charge in [-0.05, 0) is 50.0 Å². The smallest absolute Gasteiger partial charge is 0.259 e. The average molecular weight is 360 g/mol. The summed E-state index contributed by atoms with van der Waals surface area (Å²) < 4.78 is 1.49. The number of quaternary nitrogens is 1. The van der Waals surface area contributed by atoms with E-state index in [9.17, 15) is 9.90 Å². The van der Waals surface area contributed by atoms with Crippen molar-refractivity contribution in [2.24, 2.45) is 4.99 Å². The normalized spacial score (nSPS) is 11.6. The molecule has 0 saturated heterocycles. The van der Waals surface area contributed by atoms with Crippen LogP contribution in [0.15, 0.2) is 21.9 Å². The first-order chi connectivity index (χ1) is 11.7. The number of benzene rings is 1. The number of aromatic nitrogens is 2. The molecule has 1 aromatic carbocycles. The van der Waals surface area contributed by atoms with Crippen LogP contribution in [0, 0.1) is 25.5 Å². The van der Waals surface area contributed by atoms with Gasteiger partial charge in [-0.3, -0.25) is 14.8 Å². The van der Waals surface area contributed by atoms with Crippen LogP contribution in [0.25, 0.3) is 5.69 Å². The van der Waals surface area contributed by atoms with Crippen molar-refractivity contribution in [3.05, 3.63) is 49.5 Å². The van der Waals surface area contributed by atoms with Gasteiger partial charge < -0.3 is 14.6 Å². The van der Waals surface area contributed by atoms with E-state index < -0.39 is 11.4 Å². The van der Waals surface area contributed by atoms with Gasteiger partial charge in [0.1, 0.15) is 0 Å². The van der Waals surface area contributed by atoms with Gasteiger partial charge in [-0.1, -0.05) is 17.7 Å². The van der Waals surface area contributed by atoms with E-state index >= 15 is 0 Å². The van der Waals surface area contributed by atoms with Gasteiger partial charge in [0.05, 0.1) is 38.4 Å². The first kappa shape index (κ1) is 19.1. The number of aryl methyl sites for hydroxylation is 3. The summed E-state index contributed by atoms with van der Waals surface area (Å²) in [6.07, 6.45) is 1.36. The number of hydrogen-bond acceptors (Lipinski definition) is 4. The minimum absolute atomic E-state index is 0.00160. The molecule has 0 unspecified atom stereocenters. The van der Waals surface area contributed by atoms with Crippen molar-refractivity contribution in [2.45, 2.75) is 20.8 Å². The van der Waals surface area contributed by atoms with Crippen LogP contribution in [0.5, 0.6) is 5.88 Å². The number of nitrogens with zero attached hydrogens (tertiary/aromatic N) is 2. The Kier molecular flexibility index (Phi) is 5.92. The number of rotatable bonds is 5. The Bertz CT molecular complexity index is 903. The van der Waals surface area contributed by atoms with Crippen molar-refractivity contribution in [1.29, 1.82) is 0 Å². The topological polar surface area (TPSA) is 77.6 Å². The van der Waals surface area contributed by atoms with Gasteiger partial charge in [-0.15, -0.1) is 0 Å². The van der Waals surface area contributed by atoms with Crippen LogP contribution in [0.4, 0.5) is 0 Å². The Morgan fingerprint density at radius 2 is 1.88 bits per heavy atom. The fraction of sp³-hybridized carbons (Fsp3) is 0.389. The zero-order valence-corrected chi connectivity index (χ0v) is 16.1. The molecule has 0 spiro atoms. The summed E-state index contributed by atoms with van der Waals surface area (Å²) in [5, 5.41) is 12.9. The number of hydrogen-bond donors (Lipinski definition) is 2. The van der Waals surface area contributed by atoms with Crippen LogP contribution in [0.1, 0.15) is 22.3 Å². The fourth-order valence-electron chi connectivity index (χ4n) is 2.82. The Labute approximate surface area is 152 Å². The van der Waals surface area contributed by atoms with Crippen molar-refractivity contribution in [1.82, 2.24) is 9.55 Å². The van der Waals surface area contributed by atoms with E-state index in [1.807, 2.05) is 47.0 Å². The van der Waals surface area contributed by atoms with E-state index in [-0.39, 0.29) is 10.3 Å². The molecule has 0 amide bonds. The van der Waals surface area contributed by atoms with E-state index in [1.165, 1.54) is 15.7 Å². The zero-order valence-electron chi connectivity index (χ0n) is 15.3. The molecule has 0 bridgehead atoms. The van der Waals surface area contributed by atoms with E-state index in [1.54, 1.807) is 0 Å². The lowest BCUT2D eigenvalue weighted by Crippen LogP contribution is -3.06. The minimum atomic E-state index is -0.505. The molecule has 2 aromatic rings. The molecule has 25 heavy (non-hydrogen) atoms. The fourth-order valence-corrected chi connectivity index (χ4v) is 3.08. The SMILES string of the molecule is Cc1cc(C)c(-n2c([O-])c(C=NCC[NH+](C)C)c(=O)[nH]c2=S)c(C)c1. The lowest BCUT2D eigenvalue weighted by molar-refractivity contribution is -0.856. The number of nitrogens with one attached hydrogen (secondary N) is 2. The van der Waals surface area contributed by atoms with Crippen LogP contribution in [0.2, 0.25) is 0 Å². The van der Waals surface area contributed by atoms with E-state index in [2.05, 4.69) is 9.98 Å². The second-order valence-corrected chi connectivity index (χ2v) is 6.94. The maximum Gasteiger partial charge on any atom is 0.259 e. The molecule has 0 aliphatic carbocycles. The molecule has 1 aromatic heterocycles. The maximum absolute atomic E-state index is 12.9. The summed E-state index contributed by atoms with van der Waals surface area (Å²) in [4.78, 5) is 20.2. The van der Waals surface area contributed by atoms with Gasteiger partial charge in [0.15, 0.2) is 4.77 Å². The molecule has 0 saturated carbocycles. The summed E-state index contributed by atoms with van der Waals surface area (Å²) in [6.45, 7) is 7.21. The molecular formula is C18H24N4O2S. The summed E-state index contributed by atoms with van der Waals surface area (Å²) in [6, 6.07) is 3.98. The monoisotopic (exact) mass is 360 g/mol. The lowest BCUT2D eigenvalue weighted by atomic mass is 10.0. The van der Waals surface area contributed by atoms with E-state index in [0.717, 1.165) is 23.2 Å². The van der Waals surface area contributed by atoms with Crippen LogP contribution >= 0.6 is 12.2 Å². The van der Waals surface area contributed by atoms with Crippen molar-refractivity contribution in [3.63, 3.8) is 0 Å². The maximum atomic E-state index is 12.9. The Morgan fingerprint density at radius 3 is 2.44 bits per heavy atom. The van der Waals surface area contributed by atoms with Gasteiger partial charge in [-0.25, -0.2) is 0 Å². The standard InChI is InChI=1S/C18H24N4O2S/c1-11-8-12(2)15(13(3)9-11)22-17(24)14(16(23)20-18(22)25)10-19-6-7-21(4)5/h8-10,24H,6-7H2,1-5H3,(H,20,23,25). The predicted octanol–water partition coefficient (Wildman–Crippen LogP) is 0.457. The molecule has 134 valence electrons. The molecule has 0 radical (unpaired) electrons. The van der Waals surface area contributed by atoms with Gasteiger partial charge in [0, 0.05) is 6.21 Å². The zero-order chi connectivity index (χ0) is 18.7. The molecule has 7 heteroatoms. The second-order valence-electron chi connectivity index (χ2n) is 6.55. The molecule has 2 N–H and O–H groups in total. The third-order valence-corrected chi connectivity index (χ3v) is 4.21. The lowest BCUT2D eigenvalue weighted by Gasteiger charge is -2.23. The largest absolute Gasteiger partial charge is 0.859 e. The van der Waals surface area contributed by atoms with E-state index in [4.69, 9.17) is 12.2 Å². The van der Waals surface area contributed by atoms with Crippen LogP contribution in [-0.2, 0) is 0 Å². The van der Waals surface area contributed by atoms with Crippen molar-refractivity contribution < 1.29 is 10.0 Å². The highest BCUT2D eigenvalue weighted by Crippen LogP contribution is 2.24. The summed E-state index contributed by atoms with van der Waals surface area (Å²) in [7, 11) is 4.04. The van der Waals surface area contributed by atoms with E-state index in [0.29, 0.717) is 12.2 Å². The number of likely N-dealkylation sites (N-methyl/N-ethyl adjacent to an activating group) is 1. The van der Waals surface area contributed by atoms with Gasteiger partial charge in [-0.2, -0.15) is 0 Å². The predicted molar refractivity (Wildman–Crippen MR) is 101 cm³/mol. The highest BCUT2D eigenvalue weighted by atomic mass is 32.1. The molecule has 6 nitrogen and oxygen atoms in total. The number of H-pyrrole nitrogens is 1. The quantitative estimate of drug-likeness (QED) is 0.601. The first-order valence-corrected chi connectivity index (χ1v) is 8.56. The first-order valence-electron chi connectivity index (χ1n) is 8.15. The summed E-state index contributed by atoms with van der Waals surface area (Å²) in [5.41, 5.74) is 3.17. The third kappa shape index (κ3) is 4.24. The molecular weight excluding hydrogens is 336 g/mol. The molecule has 2 rings (SSSR count). The van der Waals surface area contributed by atoms with Crippen LogP contribution in [-0.4, -0.2) is 43.0 Å². The van der Waals surface area contributed by atoms with Crippen molar-refractivity contribution in [2.75, 3.05) is 27.2 Å². The van der Waals surface area contributed by atoms with Crippen LogP contribution in [0.3, 0.4) is 0 Å². The molecule has 0 aliphatic rings. The Morgan fingerprint density at radius 1 is 1.28 bits per heavy atom. The van der Waals surface area contributed by atoms with Crippen molar-refractivity contribution >= 4 is 18.4 Å². The third-order valence-electron chi connectivity index (χ3n) is 3.92.